The fraction of sp³-hybridized carbons (Fsp3) is 0.357. The van der Waals surface area contributed by atoms with Crippen molar-refractivity contribution in [2.75, 3.05) is 6.54 Å². The number of nitrogens with zero attached hydrogens (tertiary/aromatic N) is 3. The summed E-state index contributed by atoms with van der Waals surface area (Å²) in [5, 5.41) is 14.7. The molecule has 1 aliphatic heterocycles. The van der Waals surface area contributed by atoms with Crippen LogP contribution < -0.4 is 5.43 Å². The number of benzene rings is 2. The van der Waals surface area contributed by atoms with Crippen LogP contribution in [0.2, 0.25) is 0 Å². The molecule has 0 spiro atoms. The Labute approximate surface area is 226 Å². The van der Waals surface area contributed by atoms with Crippen LogP contribution in [0.15, 0.2) is 75.1 Å². The van der Waals surface area contributed by atoms with Gasteiger partial charge in [-0.2, -0.15) is 9.41 Å². The first-order valence-corrected chi connectivity index (χ1v) is 14.1. The summed E-state index contributed by atoms with van der Waals surface area (Å²) in [5.41, 5.74) is 3.41. The molecule has 2 heterocycles. The number of rotatable bonds is 7. The van der Waals surface area contributed by atoms with Crippen molar-refractivity contribution in [1.29, 1.82) is 0 Å². The molecule has 1 aromatic heterocycles. The molecule has 11 heteroatoms. The van der Waals surface area contributed by atoms with Crippen LogP contribution in [0.3, 0.4) is 0 Å². The van der Waals surface area contributed by atoms with E-state index >= 15 is 0 Å². The minimum absolute atomic E-state index is 0.0106. The van der Waals surface area contributed by atoms with Gasteiger partial charge in [-0.05, 0) is 78.6 Å². The van der Waals surface area contributed by atoms with E-state index in [4.69, 9.17) is 4.42 Å². The van der Waals surface area contributed by atoms with Crippen LogP contribution in [0.1, 0.15) is 56.2 Å². The Bertz CT molecular complexity index is 1540. The molecular formula is C28H30N4O6S. The fourth-order valence-electron chi connectivity index (χ4n) is 6.15. The lowest BCUT2D eigenvalue weighted by Gasteiger charge is -2.39. The van der Waals surface area contributed by atoms with Crippen molar-refractivity contribution in [2.45, 2.75) is 51.0 Å². The largest absolute Gasteiger partial charge is 0.455 e. The molecule has 1 amide bonds. The first-order chi connectivity index (χ1) is 18.4. The van der Waals surface area contributed by atoms with Gasteiger partial charge >= 0.3 is 0 Å². The Morgan fingerprint density at radius 1 is 1.08 bits per heavy atom. The minimum Gasteiger partial charge on any atom is -0.455 e. The number of amides is 1. The first-order valence-electron chi connectivity index (χ1n) is 12.7. The number of carbonyl (C=O) groups excluding carboxylic acids is 1. The Morgan fingerprint density at radius 3 is 2.44 bits per heavy atom. The zero-order valence-corrected chi connectivity index (χ0v) is 22.8. The highest BCUT2D eigenvalue weighted by atomic mass is 32.2. The molecule has 1 N–H and O–H groups in total. The zero-order valence-electron chi connectivity index (χ0n) is 22.0. The number of non-ortho nitro benzene ring substituents is 1. The molecule has 2 fully saturated rings. The van der Waals surface area contributed by atoms with Crippen molar-refractivity contribution in [3.05, 3.63) is 82.1 Å². The highest BCUT2D eigenvalue weighted by Gasteiger charge is 2.53. The Hall–Kier alpha value is -3.83. The number of hydrazone groups is 1. The van der Waals surface area contributed by atoms with Crippen LogP contribution >= 0.6 is 0 Å². The molecule has 39 heavy (non-hydrogen) atoms. The van der Waals surface area contributed by atoms with E-state index in [1.165, 1.54) is 42.6 Å². The van der Waals surface area contributed by atoms with E-state index in [0.29, 0.717) is 23.6 Å². The van der Waals surface area contributed by atoms with Crippen molar-refractivity contribution in [3.63, 3.8) is 0 Å². The first kappa shape index (κ1) is 26.8. The molecule has 2 bridgehead atoms. The lowest BCUT2D eigenvalue weighted by atomic mass is 9.65. The predicted molar refractivity (Wildman–Crippen MR) is 146 cm³/mol. The van der Waals surface area contributed by atoms with Gasteiger partial charge in [0, 0.05) is 35.8 Å². The van der Waals surface area contributed by atoms with Gasteiger partial charge in [-0.25, -0.2) is 13.8 Å². The molecule has 1 saturated heterocycles. The van der Waals surface area contributed by atoms with E-state index in [1.54, 1.807) is 28.6 Å². The summed E-state index contributed by atoms with van der Waals surface area (Å²) < 4.78 is 34.2. The third kappa shape index (κ3) is 5.50. The summed E-state index contributed by atoms with van der Waals surface area (Å²) in [6, 6.07) is 15.2. The van der Waals surface area contributed by atoms with Gasteiger partial charge in [0.05, 0.1) is 16.0 Å². The van der Waals surface area contributed by atoms with Gasteiger partial charge in [0.1, 0.15) is 11.5 Å². The summed E-state index contributed by atoms with van der Waals surface area (Å²) in [7, 11) is -3.68. The number of nitrogens with one attached hydrogen (secondary N) is 1. The molecule has 2 unspecified atom stereocenters. The van der Waals surface area contributed by atoms with Gasteiger partial charge in [-0.1, -0.05) is 20.8 Å². The second-order valence-electron chi connectivity index (χ2n) is 11.5. The molecule has 1 aliphatic carbocycles. The van der Waals surface area contributed by atoms with E-state index in [9.17, 15) is 23.3 Å². The number of furan rings is 1. The van der Waals surface area contributed by atoms with Crippen molar-refractivity contribution < 1.29 is 22.6 Å². The van der Waals surface area contributed by atoms with Crippen molar-refractivity contribution in [3.8, 4) is 11.3 Å². The highest BCUT2D eigenvalue weighted by molar-refractivity contribution is 7.89. The number of carbonyl (C=O) groups is 1. The second-order valence-corrected chi connectivity index (χ2v) is 13.4. The van der Waals surface area contributed by atoms with Crippen LogP contribution in [0, 0.1) is 20.9 Å². The number of hydrogen-bond donors (Lipinski definition) is 1. The van der Waals surface area contributed by atoms with Gasteiger partial charge in [0.15, 0.2) is 0 Å². The fourth-order valence-corrected chi connectivity index (χ4v) is 7.92. The molecule has 2 aromatic carbocycles. The topological polar surface area (TPSA) is 135 Å². The smallest absolute Gasteiger partial charge is 0.271 e. The molecule has 1 saturated carbocycles. The number of hydrogen-bond acceptors (Lipinski definition) is 7. The summed E-state index contributed by atoms with van der Waals surface area (Å²) >= 11 is 0. The number of nitro groups is 1. The van der Waals surface area contributed by atoms with E-state index in [1.807, 2.05) is 0 Å². The van der Waals surface area contributed by atoms with Crippen LogP contribution in [-0.2, 0) is 10.0 Å². The van der Waals surface area contributed by atoms with Gasteiger partial charge in [-0.3, -0.25) is 14.9 Å². The molecule has 10 nitrogen and oxygen atoms in total. The molecular weight excluding hydrogens is 520 g/mol. The standard InChI is InChI=1S/C28H30N4O6S/c1-27(2)14-22-15-28(3,17-27)18-31(22)39(36,37)24-11-6-20(7-12-24)26(33)30-29-16-23-10-13-25(38-23)19-4-8-21(9-5-19)32(34)35/h4-13,16,22H,14-15,17-18H2,1-3H3,(H,30,33). The maximum atomic E-state index is 13.5. The maximum absolute atomic E-state index is 13.5. The minimum atomic E-state index is -3.68. The van der Waals surface area contributed by atoms with Crippen molar-refractivity contribution >= 4 is 27.8 Å². The lowest BCUT2D eigenvalue weighted by Crippen LogP contribution is -2.37. The summed E-state index contributed by atoms with van der Waals surface area (Å²) in [5.74, 6) is 0.371. The van der Waals surface area contributed by atoms with Gasteiger partial charge in [0.25, 0.3) is 11.6 Å². The van der Waals surface area contributed by atoms with Crippen LogP contribution in [0.5, 0.6) is 0 Å². The van der Waals surface area contributed by atoms with Crippen molar-refractivity contribution in [1.82, 2.24) is 9.73 Å². The van der Waals surface area contributed by atoms with Gasteiger partial charge in [-0.15, -0.1) is 0 Å². The SMILES string of the molecule is CC1(C)CC2CC(C)(CN2S(=O)(=O)c2ccc(C(=O)NN=Cc3ccc(-c4ccc([N+](=O)[O-])cc4)o3)cc2)C1. The van der Waals surface area contributed by atoms with Crippen LogP contribution in [0.4, 0.5) is 5.69 Å². The van der Waals surface area contributed by atoms with Gasteiger partial charge < -0.3 is 4.42 Å². The third-order valence-corrected chi connectivity index (χ3v) is 9.35. The molecule has 3 aromatic rings. The summed E-state index contributed by atoms with van der Waals surface area (Å²) in [6.45, 7) is 7.09. The van der Waals surface area contributed by atoms with Crippen molar-refractivity contribution in [2.24, 2.45) is 15.9 Å². The number of fused-ring (bicyclic) bond motifs is 2. The average Bonchev–Trinajstić information content (AvgIpc) is 3.45. The van der Waals surface area contributed by atoms with E-state index < -0.39 is 20.9 Å². The zero-order chi connectivity index (χ0) is 28.0. The highest BCUT2D eigenvalue weighted by Crippen LogP contribution is 2.53. The molecule has 5 rings (SSSR count). The van der Waals surface area contributed by atoms with Crippen LogP contribution in [0.25, 0.3) is 11.3 Å². The van der Waals surface area contributed by atoms with Gasteiger partial charge in [0.2, 0.25) is 10.0 Å². The Balaban J connectivity index is 1.21. The van der Waals surface area contributed by atoms with Crippen LogP contribution in [-0.4, -0.2) is 42.4 Å². The number of sulfonamides is 1. The summed E-state index contributed by atoms with van der Waals surface area (Å²) in [6.07, 6.45) is 4.04. The molecule has 2 atom stereocenters. The normalized spacial score (nSPS) is 22.7. The van der Waals surface area contributed by atoms with E-state index in [-0.39, 0.29) is 33.0 Å². The lowest BCUT2D eigenvalue weighted by molar-refractivity contribution is -0.384. The Kier molecular flexibility index (Phi) is 6.68. The maximum Gasteiger partial charge on any atom is 0.271 e. The monoisotopic (exact) mass is 550 g/mol. The van der Waals surface area contributed by atoms with E-state index in [0.717, 1.165) is 19.3 Å². The third-order valence-electron chi connectivity index (χ3n) is 7.44. The van der Waals surface area contributed by atoms with E-state index in [2.05, 4.69) is 31.3 Å². The number of nitro benzene ring substituents is 1. The average molecular weight is 551 g/mol. The summed E-state index contributed by atoms with van der Waals surface area (Å²) in [4.78, 5) is 23.1. The molecule has 0 radical (unpaired) electrons. The molecule has 204 valence electrons. The predicted octanol–water partition coefficient (Wildman–Crippen LogP) is 5.21. The quantitative estimate of drug-likeness (QED) is 0.244. The second kappa shape index (κ2) is 9.73. The molecule has 2 aliphatic rings. The Morgan fingerprint density at radius 2 is 1.77 bits per heavy atom.